The number of para-hydroxylation sites is 1. The number of nitrogens with zero attached hydrogens (tertiary/aromatic N) is 4. The molecule has 0 atom stereocenters. The third kappa shape index (κ3) is 4.10. The van der Waals surface area contributed by atoms with Crippen LogP contribution in [0.1, 0.15) is 18.9 Å². The fraction of sp³-hybridized carbons (Fsp3) is 0.263. The second-order valence-corrected chi connectivity index (χ2v) is 6.51. The number of pyridine rings is 1. The van der Waals surface area contributed by atoms with Crippen LogP contribution in [-0.4, -0.2) is 27.7 Å². The van der Waals surface area contributed by atoms with Gasteiger partial charge in [-0.05, 0) is 49.4 Å². The van der Waals surface area contributed by atoms with Gasteiger partial charge in [0.15, 0.2) is 5.16 Å². The second kappa shape index (κ2) is 8.61. The molecule has 2 aromatic heterocycles. The summed E-state index contributed by atoms with van der Waals surface area (Å²) in [5.74, 6) is 0. The van der Waals surface area contributed by atoms with Crippen LogP contribution in [0.15, 0.2) is 57.6 Å². The lowest BCUT2D eigenvalue weighted by Crippen LogP contribution is -2.24. The van der Waals surface area contributed by atoms with Crippen molar-refractivity contribution in [3.05, 3.63) is 58.5 Å². The van der Waals surface area contributed by atoms with Crippen LogP contribution in [0, 0.1) is 11.3 Å². The number of nitriles is 1. The van der Waals surface area contributed by atoms with E-state index in [1.54, 1.807) is 22.8 Å². The molecule has 1 aromatic carbocycles. The summed E-state index contributed by atoms with van der Waals surface area (Å²) in [7, 11) is 0. The third-order valence-electron chi connectivity index (χ3n) is 3.76. The molecule has 0 spiro atoms. The highest BCUT2D eigenvalue weighted by molar-refractivity contribution is 7.99. The molecule has 3 aromatic rings. The molecule has 3 rings (SSSR count). The van der Waals surface area contributed by atoms with Gasteiger partial charge in [-0.2, -0.15) is 5.26 Å². The van der Waals surface area contributed by atoms with E-state index in [9.17, 15) is 4.79 Å². The minimum absolute atomic E-state index is 0.0664. The van der Waals surface area contributed by atoms with Gasteiger partial charge in [0.05, 0.1) is 16.5 Å². The van der Waals surface area contributed by atoms with Crippen molar-refractivity contribution in [2.75, 3.05) is 13.2 Å². The smallest absolute Gasteiger partial charge is 0.262 e. The van der Waals surface area contributed by atoms with Gasteiger partial charge in [0.2, 0.25) is 0 Å². The van der Waals surface area contributed by atoms with Gasteiger partial charge in [0.1, 0.15) is 11.1 Å². The standard InChI is InChI=1S/C19H18N4O2S/c1-2-25-11-5-10-23-18(24)15-6-3-4-7-16(15)22-19(23)26-17-9-8-14(12-20)13-21-17/h3-4,6-9,13H,2,5,10-11H2,1H3. The van der Waals surface area contributed by atoms with Gasteiger partial charge in [0, 0.05) is 26.0 Å². The zero-order valence-electron chi connectivity index (χ0n) is 14.4. The summed E-state index contributed by atoms with van der Waals surface area (Å²) < 4.78 is 7.05. The minimum Gasteiger partial charge on any atom is -0.382 e. The van der Waals surface area contributed by atoms with Crippen LogP contribution in [0.3, 0.4) is 0 Å². The average molecular weight is 366 g/mol. The maximum Gasteiger partial charge on any atom is 0.262 e. The lowest BCUT2D eigenvalue weighted by Gasteiger charge is -2.12. The van der Waals surface area contributed by atoms with Crippen molar-refractivity contribution in [2.45, 2.75) is 30.1 Å². The molecule has 0 aliphatic heterocycles. The fourth-order valence-corrected chi connectivity index (χ4v) is 3.35. The SMILES string of the molecule is CCOCCCn1c(Sc2ccc(C#N)cn2)nc2ccccc2c1=O. The quantitative estimate of drug-likeness (QED) is 0.472. The lowest BCUT2D eigenvalue weighted by molar-refractivity contribution is 0.140. The molecule has 6 nitrogen and oxygen atoms in total. The summed E-state index contributed by atoms with van der Waals surface area (Å²) in [5, 5.41) is 10.8. The molecule has 0 N–H and O–H groups in total. The highest BCUT2D eigenvalue weighted by atomic mass is 32.2. The van der Waals surface area contributed by atoms with E-state index in [1.807, 2.05) is 31.2 Å². The van der Waals surface area contributed by atoms with Gasteiger partial charge in [-0.1, -0.05) is 12.1 Å². The molecule has 0 amide bonds. The van der Waals surface area contributed by atoms with E-state index < -0.39 is 0 Å². The first-order valence-corrected chi connectivity index (χ1v) is 9.16. The first-order valence-electron chi connectivity index (χ1n) is 8.34. The van der Waals surface area contributed by atoms with E-state index >= 15 is 0 Å². The molecule has 7 heteroatoms. The van der Waals surface area contributed by atoms with Gasteiger partial charge in [-0.3, -0.25) is 9.36 Å². The molecule has 132 valence electrons. The second-order valence-electron chi connectivity index (χ2n) is 5.52. The van der Waals surface area contributed by atoms with E-state index in [4.69, 9.17) is 10.00 Å². The summed E-state index contributed by atoms with van der Waals surface area (Å²) in [6, 6.07) is 12.8. The largest absolute Gasteiger partial charge is 0.382 e. The van der Waals surface area contributed by atoms with Gasteiger partial charge in [0.25, 0.3) is 5.56 Å². The van der Waals surface area contributed by atoms with Crippen LogP contribution >= 0.6 is 11.8 Å². The van der Waals surface area contributed by atoms with Gasteiger partial charge in [-0.25, -0.2) is 9.97 Å². The summed E-state index contributed by atoms with van der Waals surface area (Å²) in [6.07, 6.45) is 2.24. The Balaban J connectivity index is 1.97. The van der Waals surface area contributed by atoms with Crippen LogP contribution in [0.4, 0.5) is 0 Å². The predicted octanol–water partition coefficient (Wildman–Crippen LogP) is 3.24. The molecular formula is C19H18N4O2S. The molecule has 0 radical (unpaired) electrons. The molecule has 0 saturated carbocycles. The Morgan fingerprint density at radius 1 is 1.27 bits per heavy atom. The predicted molar refractivity (Wildman–Crippen MR) is 100 cm³/mol. The number of aromatic nitrogens is 3. The summed E-state index contributed by atoms with van der Waals surface area (Å²) >= 11 is 1.32. The minimum atomic E-state index is -0.0664. The third-order valence-corrected chi connectivity index (χ3v) is 4.71. The summed E-state index contributed by atoms with van der Waals surface area (Å²) in [5.41, 5.74) is 1.09. The van der Waals surface area contributed by atoms with Gasteiger partial charge < -0.3 is 4.74 Å². The topological polar surface area (TPSA) is 80.8 Å². The summed E-state index contributed by atoms with van der Waals surface area (Å²) in [6.45, 7) is 3.72. The summed E-state index contributed by atoms with van der Waals surface area (Å²) in [4.78, 5) is 21.8. The first kappa shape index (κ1) is 18.1. The number of hydrogen-bond acceptors (Lipinski definition) is 6. The van der Waals surface area contributed by atoms with Crippen molar-refractivity contribution in [3.63, 3.8) is 0 Å². The van der Waals surface area contributed by atoms with Crippen LogP contribution in [0.2, 0.25) is 0 Å². The molecule has 0 fully saturated rings. The van der Waals surface area contributed by atoms with Crippen LogP contribution in [-0.2, 0) is 11.3 Å². The van der Waals surface area contributed by atoms with Crippen LogP contribution < -0.4 is 5.56 Å². The monoisotopic (exact) mass is 366 g/mol. The normalized spacial score (nSPS) is 10.8. The van der Waals surface area contributed by atoms with Crippen LogP contribution in [0.25, 0.3) is 10.9 Å². The van der Waals surface area contributed by atoms with Crippen molar-refractivity contribution in [1.82, 2.24) is 14.5 Å². The zero-order chi connectivity index (χ0) is 18.4. The lowest BCUT2D eigenvalue weighted by atomic mass is 10.2. The van der Waals surface area contributed by atoms with Crippen molar-refractivity contribution < 1.29 is 4.74 Å². The molecule has 2 heterocycles. The number of ether oxygens (including phenoxy) is 1. The Bertz CT molecular complexity index is 993. The Morgan fingerprint density at radius 2 is 2.12 bits per heavy atom. The van der Waals surface area contributed by atoms with Crippen molar-refractivity contribution >= 4 is 22.7 Å². The van der Waals surface area contributed by atoms with Gasteiger partial charge in [-0.15, -0.1) is 0 Å². The Morgan fingerprint density at radius 3 is 2.85 bits per heavy atom. The average Bonchev–Trinajstić information content (AvgIpc) is 2.68. The molecule has 0 bridgehead atoms. The van der Waals surface area contributed by atoms with E-state index in [2.05, 4.69) is 9.97 Å². The number of rotatable bonds is 7. The van der Waals surface area contributed by atoms with Gasteiger partial charge >= 0.3 is 0 Å². The first-order chi connectivity index (χ1) is 12.7. The maximum absolute atomic E-state index is 12.9. The fourth-order valence-electron chi connectivity index (χ4n) is 2.49. The van der Waals surface area contributed by atoms with E-state index in [0.29, 0.717) is 46.4 Å². The number of benzene rings is 1. The molecule has 0 aliphatic carbocycles. The highest BCUT2D eigenvalue weighted by Gasteiger charge is 2.12. The Hall–Kier alpha value is -2.69. The Kier molecular flexibility index (Phi) is 6.00. The molecule has 0 unspecified atom stereocenters. The van der Waals surface area contributed by atoms with E-state index in [0.717, 1.165) is 6.42 Å². The van der Waals surface area contributed by atoms with E-state index in [1.165, 1.54) is 18.0 Å². The molecule has 26 heavy (non-hydrogen) atoms. The van der Waals surface area contributed by atoms with Crippen molar-refractivity contribution in [3.8, 4) is 6.07 Å². The van der Waals surface area contributed by atoms with Crippen molar-refractivity contribution in [2.24, 2.45) is 0 Å². The number of fused-ring (bicyclic) bond motifs is 1. The van der Waals surface area contributed by atoms with E-state index in [-0.39, 0.29) is 5.56 Å². The maximum atomic E-state index is 12.9. The zero-order valence-corrected chi connectivity index (χ0v) is 15.2. The molecule has 0 aliphatic rings. The highest BCUT2D eigenvalue weighted by Crippen LogP contribution is 2.25. The molecule has 0 saturated heterocycles. The molecular weight excluding hydrogens is 348 g/mol. The Labute approximate surface area is 155 Å². The van der Waals surface area contributed by atoms with Crippen LogP contribution in [0.5, 0.6) is 0 Å². The number of hydrogen-bond donors (Lipinski definition) is 0. The van der Waals surface area contributed by atoms with Crippen molar-refractivity contribution in [1.29, 1.82) is 5.26 Å².